The van der Waals surface area contributed by atoms with Crippen molar-refractivity contribution in [2.24, 2.45) is 0 Å². The van der Waals surface area contributed by atoms with Crippen LogP contribution in [0.5, 0.6) is 0 Å². The number of hydrogen-bond donors (Lipinski definition) is 1. The largest absolute Gasteiger partial charge is 0.465 e. The molecular weight excluding hydrogens is 480 g/mol. The molecule has 0 fully saturated rings. The normalized spacial score (nSPS) is 13.4. The summed E-state index contributed by atoms with van der Waals surface area (Å²) in [6, 6.07) is 6.19. The Morgan fingerprint density at radius 1 is 1.18 bits per heavy atom. The van der Waals surface area contributed by atoms with Crippen molar-refractivity contribution in [2.45, 2.75) is 50.3 Å². The molecule has 0 radical (unpaired) electrons. The van der Waals surface area contributed by atoms with Crippen molar-refractivity contribution in [1.82, 2.24) is 4.90 Å². The molecule has 0 atom stereocenters. The molecule has 1 aliphatic heterocycles. The van der Waals surface area contributed by atoms with Gasteiger partial charge in [0, 0.05) is 11.4 Å². The second kappa shape index (κ2) is 10.6. The quantitative estimate of drug-likeness (QED) is 0.569. The Balaban J connectivity index is 1.78. The number of benzene rings is 1. The van der Waals surface area contributed by atoms with Crippen LogP contribution in [0.25, 0.3) is 0 Å². The van der Waals surface area contributed by atoms with E-state index in [0.29, 0.717) is 29.1 Å². The lowest BCUT2D eigenvalue weighted by Gasteiger charge is -2.26. The molecule has 34 heavy (non-hydrogen) atoms. The minimum Gasteiger partial charge on any atom is -0.465 e. The van der Waals surface area contributed by atoms with E-state index in [1.165, 1.54) is 30.6 Å². The SMILES string of the molecule is CCOC(=O)N1CCc2c(sc(NC(=O)Cc3ccc(S(=O)(=O)C(C)C)cc3)c2C(=O)OC)C1. The van der Waals surface area contributed by atoms with Crippen molar-refractivity contribution in [3.63, 3.8) is 0 Å². The Morgan fingerprint density at radius 3 is 2.44 bits per heavy atom. The zero-order chi connectivity index (χ0) is 25.0. The van der Waals surface area contributed by atoms with Gasteiger partial charge in [-0.05, 0) is 50.5 Å². The summed E-state index contributed by atoms with van der Waals surface area (Å²) in [6.45, 7) is 5.91. The summed E-state index contributed by atoms with van der Waals surface area (Å²) in [5.41, 5.74) is 1.70. The van der Waals surface area contributed by atoms with Crippen molar-refractivity contribution in [2.75, 3.05) is 25.6 Å². The van der Waals surface area contributed by atoms with Crippen LogP contribution < -0.4 is 5.32 Å². The molecular formula is C23H28N2O7S2. The fraction of sp³-hybridized carbons (Fsp3) is 0.435. The molecule has 1 aromatic heterocycles. The number of ether oxygens (including phenoxy) is 2. The van der Waals surface area contributed by atoms with Crippen LogP contribution >= 0.6 is 11.3 Å². The van der Waals surface area contributed by atoms with Gasteiger partial charge in [0.25, 0.3) is 0 Å². The van der Waals surface area contributed by atoms with Crippen molar-refractivity contribution in [3.05, 3.63) is 45.8 Å². The van der Waals surface area contributed by atoms with Crippen LogP contribution in [-0.4, -0.2) is 56.8 Å². The number of sulfone groups is 1. The minimum absolute atomic E-state index is 0.000135. The Morgan fingerprint density at radius 2 is 1.85 bits per heavy atom. The lowest BCUT2D eigenvalue weighted by molar-refractivity contribution is -0.115. The van der Waals surface area contributed by atoms with E-state index >= 15 is 0 Å². The lowest BCUT2D eigenvalue weighted by Crippen LogP contribution is -2.36. The molecule has 2 heterocycles. The number of amides is 2. The molecule has 1 N–H and O–H groups in total. The van der Waals surface area contributed by atoms with E-state index in [1.807, 2.05) is 0 Å². The van der Waals surface area contributed by atoms with Crippen LogP contribution in [0.1, 0.15) is 47.1 Å². The summed E-state index contributed by atoms with van der Waals surface area (Å²) < 4.78 is 34.6. The van der Waals surface area contributed by atoms with E-state index in [0.717, 1.165) is 10.4 Å². The number of carbonyl (C=O) groups excluding carboxylic acids is 3. The van der Waals surface area contributed by atoms with Gasteiger partial charge in [0.15, 0.2) is 9.84 Å². The highest BCUT2D eigenvalue weighted by molar-refractivity contribution is 7.92. The van der Waals surface area contributed by atoms with Gasteiger partial charge < -0.3 is 19.7 Å². The summed E-state index contributed by atoms with van der Waals surface area (Å²) in [5, 5.41) is 2.62. The first-order chi connectivity index (χ1) is 16.1. The van der Waals surface area contributed by atoms with Crippen molar-refractivity contribution in [1.29, 1.82) is 0 Å². The number of carbonyl (C=O) groups is 3. The molecule has 0 saturated carbocycles. The number of nitrogens with one attached hydrogen (secondary N) is 1. The van der Waals surface area contributed by atoms with Crippen LogP contribution in [0.2, 0.25) is 0 Å². The molecule has 0 spiro atoms. The molecule has 0 saturated heterocycles. The van der Waals surface area contributed by atoms with Crippen LogP contribution in [0.4, 0.5) is 9.80 Å². The summed E-state index contributed by atoms with van der Waals surface area (Å²) in [5.74, 6) is -0.911. The minimum atomic E-state index is -3.39. The summed E-state index contributed by atoms with van der Waals surface area (Å²) in [7, 11) is -2.12. The summed E-state index contributed by atoms with van der Waals surface area (Å²) in [4.78, 5) is 39.9. The molecule has 184 valence electrons. The second-order valence-corrected chi connectivity index (χ2v) is 11.6. The fourth-order valence-corrected chi connectivity index (χ4v) is 5.93. The van der Waals surface area contributed by atoms with Gasteiger partial charge in [-0.2, -0.15) is 0 Å². The molecule has 0 aliphatic carbocycles. The van der Waals surface area contributed by atoms with Crippen molar-refractivity contribution in [3.8, 4) is 0 Å². The Bertz CT molecular complexity index is 1180. The second-order valence-electron chi connectivity index (χ2n) is 8.03. The number of thiophene rings is 1. The zero-order valence-corrected chi connectivity index (χ0v) is 21.2. The smallest absolute Gasteiger partial charge is 0.410 e. The molecule has 9 nitrogen and oxygen atoms in total. The molecule has 3 rings (SSSR count). The van der Waals surface area contributed by atoms with Gasteiger partial charge in [0.05, 0.1) is 42.4 Å². The number of methoxy groups -OCH3 is 1. The number of rotatable bonds is 7. The third-order valence-corrected chi connectivity index (χ3v) is 8.77. The average molecular weight is 509 g/mol. The van der Waals surface area contributed by atoms with E-state index in [2.05, 4.69) is 5.32 Å². The number of fused-ring (bicyclic) bond motifs is 1. The van der Waals surface area contributed by atoms with Gasteiger partial charge in [0.1, 0.15) is 5.00 Å². The summed E-state index contributed by atoms with van der Waals surface area (Å²) >= 11 is 1.23. The highest BCUT2D eigenvalue weighted by atomic mass is 32.2. The maximum Gasteiger partial charge on any atom is 0.410 e. The molecule has 1 aromatic carbocycles. The van der Waals surface area contributed by atoms with Gasteiger partial charge in [0.2, 0.25) is 5.91 Å². The Kier molecular flexibility index (Phi) is 7.98. The van der Waals surface area contributed by atoms with Crippen LogP contribution in [0, 0.1) is 0 Å². The van der Waals surface area contributed by atoms with Gasteiger partial charge in [-0.25, -0.2) is 18.0 Å². The zero-order valence-electron chi connectivity index (χ0n) is 19.5. The number of anilines is 1. The standard InChI is InChI=1S/C23H28N2O7S2/c1-5-32-23(28)25-11-10-17-18(13-25)33-21(20(17)22(27)31-4)24-19(26)12-15-6-8-16(9-7-15)34(29,30)14(2)3/h6-9,14H,5,10-13H2,1-4H3,(H,24,26). The molecule has 11 heteroatoms. The third-order valence-electron chi connectivity index (χ3n) is 5.46. The van der Waals surface area contributed by atoms with Crippen LogP contribution in [0.3, 0.4) is 0 Å². The highest BCUT2D eigenvalue weighted by Gasteiger charge is 2.31. The van der Waals surface area contributed by atoms with E-state index in [9.17, 15) is 22.8 Å². The molecule has 1 aliphatic rings. The third kappa shape index (κ3) is 5.41. The van der Waals surface area contributed by atoms with Gasteiger partial charge >= 0.3 is 12.1 Å². The average Bonchev–Trinajstić information content (AvgIpc) is 3.15. The topological polar surface area (TPSA) is 119 Å². The van der Waals surface area contributed by atoms with Crippen LogP contribution in [-0.2, 0) is 43.5 Å². The monoisotopic (exact) mass is 508 g/mol. The van der Waals surface area contributed by atoms with Gasteiger partial charge in [-0.15, -0.1) is 11.3 Å². The number of nitrogens with zero attached hydrogens (tertiary/aromatic N) is 1. The lowest BCUT2D eigenvalue weighted by atomic mass is 10.0. The Hall–Kier alpha value is -2.92. The van der Waals surface area contributed by atoms with E-state index < -0.39 is 27.1 Å². The first-order valence-electron chi connectivity index (χ1n) is 10.9. The molecule has 0 bridgehead atoms. The maximum absolute atomic E-state index is 12.7. The number of esters is 1. The predicted molar refractivity (Wildman–Crippen MR) is 128 cm³/mol. The highest BCUT2D eigenvalue weighted by Crippen LogP contribution is 2.38. The molecule has 2 amide bonds. The van der Waals surface area contributed by atoms with Gasteiger partial charge in [-0.3, -0.25) is 4.79 Å². The van der Waals surface area contributed by atoms with Crippen molar-refractivity contribution >= 4 is 44.1 Å². The van der Waals surface area contributed by atoms with E-state index in [4.69, 9.17) is 9.47 Å². The Labute approximate surface area is 203 Å². The van der Waals surface area contributed by atoms with Crippen LogP contribution in [0.15, 0.2) is 29.2 Å². The first-order valence-corrected chi connectivity index (χ1v) is 13.2. The first kappa shape index (κ1) is 25.7. The summed E-state index contributed by atoms with van der Waals surface area (Å²) in [6.07, 6.45) is 0.0198. The molecule has 0 unspecified atom stereocenters. The number of hydrogen-bond acceptors (Lipinski definition) is 8. The van der Waals surface area contributed by atoms with E-state index in [-0.39, 0.29) is 30.4 Å². The van der Waals surface area contributed by atoms with Crippen molar-refractivity contribution < 1.29 is 32.3 Å². The predicted octanol–water partition coefficient (Wildman–Crippen LogP) is 3.41. The van der Waals surface area contributed by atoms with Gasteiger partial charge in [-0.1, -0.05) is 12.1 Å². The molecule has 2 aromatic rings. The maximum atomic E-state index is 12.7. The fourth-order valence-electron chi connectivity index (χ4n) is 3.61. The van der Waals surface area contributed by atoms with E-state index in [1.54, 1.807) is 37.8 Å².